The number of benzene rings is 1. The first-order valence-corrected chi connectivity index (χ1v) is 5.84. The van der Waals surface area contributed by atoms with Crippen molar-refractivity contribution in [2.45, 2.75) is 6.54 Å². The van der Waals surface area contributed by atoms with E-state index in [9.17, 15) is 0 Å². The van der Waals surface area contributed by atoms with Crippen LogP contribution in [-0.4, -0.2) is 40.5 Å². The maximum atomic E-state index is 5.62. The molecule has 2 N–H and O–H groups in total. The predicted octanol–water partition coefficient (Wildman–Crippen LogP) is 1.24. The molecular formula is C13H22N2O2. The maximum absolute atomic E-state index is 5.62. The van der Waals surface area contributed by atoms with Crippen molar-refractivity contribution in [3.05, 3.63) is 29.8 Å². The molecule has 1 rings (SSSR count). The van der Waals surface area contributed by atoms with Gasteiger partial charge in [0.1, 0.15) is 0 Å². The summed E-state index contributed by atoms with van der Waals surface area (Å²) in [6.45, 7) is 3.43. The molecule has 0 heterocycles. The van der Waals surface area contributed by atoms with Gasteiger partial charge in [0.05, 0.1) is 19.8 Å². The Balaban J connectivity index is 2.33. The topological polar surface area (TPSA) is 47.7 Å². The quantitative estimate of drug-likeness (QED) is 0.692. The highest BCUT2D eigenvalue weighted by Crippen LogP contribution is 2.14. The van der Waals surface area contributed by atoms with Gasteiger partial charge in [-0.1, -0.05) is 12.1 Å². The second kappa shape index (κ2) is 8.06. The average Bonchev–Trinajstić information content (AvgIpc) is 2.38. The Morgan fingerprint density at radius 1 is 1.24 bits per heavy atom. The molecule has 0 bridgehead atoms. The van der Waals surface area contributed by atoms with Crippen LogP contribution in [0.15, 0.2) is 24.3 Å². The smallest absolute Gasteiger partial charge is 0.0701 e. The van der Waals surface area contributed by atoms with E-state index in [0.29, 0.717) is 26.4 Å². The second-order valence-corrected chi connectivity index (χ2v) is 3.90. The molecule has 0 aliphatic carbocycles. The van der Waals surface area contributed by atoms with Crippen LogP contribution in [0.4, 0.5) is 5.69 Å². The Morgan fingerprint density at radius 3 is 2.76 bits per heavy atom. The summed E-state index contributed by atoms with van der Waals surface area (Å²) in [5.74, 6) is 0. The van der Waals surface area contributed by atoms with Crippen LogP contribution in [0.3, 0.4) is 0 Å². The number of anilines is 1. The molecule has 17 heavy (non-hydrogen) atoms. The van der Waals surface area contributed by atoms with Gasteiger partial charge >= 0.3 is 0 Å². The molecule has 0 saturated carbocycles. The molecule has 0 atom stereocenters. The minimum Gasteiger partial charge on any atom is -0.382 e. The van der Waals surface area contributed by atoms with Gasteiger partial charge in [-0.25, -0.2) is 0 Å². The fourth-order valence-electron chi connectivity index (χ4n) is 1.50. The lowest BCUT2D eigenvalue weighted by molar-refractivity contribution is 0.0744. The summed E-state index contributed by atoms with van der Waals surface area (Å²) in [6, 6.07) is 8.25. The van der Waals surface area contributed by atoms with Crippen molar-refractivity contribution < 1.29 is 9.47 Å². The molecule has 0 saturated heterocycles. The highest BCUT2D eigenvalue weighted by molar-refractivity contribution is 5.47. The molecule has 0 aliphatic rings. The van der Waals surface area contributed by atoms with Crippen molar-refractivity contribution >= 4 is 5.69 Å². The van der Waals surface area contributed by atoms with Crippen LogP contribution < -0.4 is 10.6 Å². The first-order valence-electron chi connectivity index (χ1n) is 5.84. The van der Waals surface area contributed by atoms with Crippen LogP contribution in [-0.2, 0) is 16.0 Å². The number of methoxy groups -OCH3 is 1. The lowest BCUT2D eigenvalue weighted by atomic mass is 10.2. The third kappa shape index (κ3) is 5.17. The van der Waals surface area contributed by atoms with E-state index in [4.69, 9.17) is 15.2 Å². The second-order valence-electron chi connectivity index (χ2n) is 3.90. The largest absolute Gasteiger partial charge is 0.382 e. The summed E-state index contributed by atoms with van der Waals surface area (Å²) in [6.07, 6.45) is 0. The summed E-state index contributed by atoms with van der Waals surface area (Å²) in [5, 5.41) is 0. The Labute approximate surface area is 103 Å². The zero-order valence-electron chi connectivity index (χ0n) is 10.7. The lowest BCUT2D eigenvalue weighted by Gasteiger charge is -2.19. The van der Waals surface area contributed by atoms with Crippen LogP contribution in [0, 0.1) is 0 Å². The van der Waals surface area contributed by atoms with Gasteiger partial charge < -0.3 is 20.1 Å². The van der Waals surface area contributed by atoms with E-state index in [-0.39, 0.29) is 0 Å². The Morgan fingerprint density at radius 2 is 2.06 bits per heavy atom. The molecule has 4 heteroatoms. The van der Waals surface area contributed by atoms with Gasteiger partial charge in [-0.2, -0.15) is 0 Å². The highest BCUT2D eigenvalue weighted by atomic mass is 16.5. The predicted molar refractivity (Wildman–Crippen MR) is 70.3 cm³/mol. The SMILES string of the molecule is COCCOCCN(C)c1cccc(CN)c1. The lowest BCUT2D eigenvalue weighted by Crippen LogP contribution is -2.23. The Bertz CT molecular complexity index is 318. The van der Waals surface area contributed by atoms with E-state index in [1.807, 2.05) is 12.1 Å². The normalized spacial score (nSPS) is 10.5. The number of nitrogens with zero attached hydrogens (tertiary/aromatic N) is 1. The zero-order valence-corrected chi connectivity index (χ0v) is 10.7. The monoisotopic (exact) mass is 238 g/mol. The molecule has 0 amide bonds. The van der Waals surface area contributed by atoms with E-state index >= 15 is 0 Å². The molecule has 96 valence electrons. The molecular weight excluding hydrogens is 216 g/mol. The maximum Gasteiger partial charge on any atom is 0.0701 e. The summed E-state index contributed by atoms with van der Waals surface area (Å²) >= 11 is 0. The molecule has 0 aromatic heterocycles. The summed E-state index contributed by atoms with van der Waals surface area (Å²) < 4.78 is 10.3. The van der Waals surface area contributed by atoms with E-state index in [1.165, 1.54) is 5.69 Å². The summed E-state index contributed by atoms with van der Waals surface area (Å²) in [7, 11) is 3.73. The van der Waals surface area contributed by atoms with Crippen molar-refractivity contribution in [1.29, 1.82) is 0 Å². The third-order valence-electron chi connectivity index (χ3n) is 2.59. The van der Waals surface area contributed by atoms with Crippen molar-refractivity contribution in [3.8, 4) is 0 Å². The average molecular weight is 238 g/mol. The molecule has 0 spiro atoms. The Hall–Kier alpha value is -1.10. The van der Waals surface area contributed by atoms with Crippen LogP contribution in [0.1, 0.15) is 5.56 Å². The van der Waals surface area contributed by atoms with Gasteiger partial charge in [0, 0.05) is 32.9 Å². The number of rotatable bonds is 8. The third-order valence-corrected chi connectivity index (χ3v) is 2.59. The summed E-state index contributed by atoms with van der Waals surface area (Å²) in [5.41, 5.74) is 7.93. The van der Waals surface area contributed by atoms with E-state index in [1.54, 1.807) is 7.11 Å². The molecule has 4 nitrogen and oxygen atoms in total. The zero-order chi connectivity index (χ0) is 12.5. The van der Waals surface area contributed by atoms with Gasteiger partial charge in [0.15, 0.2) is 0 Å². The van der Waals surface area contributed by atoms with E-state index in [0.717, 1.165) is 12.1 Å². The molecule has 0 aliphatic heterocycles. The van der Waals surface area contributed by atoms with Crippen LogP contribution >= 0.6 is 0 Å². The first kappa shape index (κ1) is 14.0. The fraction of sp³-hybridized carbons (Fsp3) is 0.538. The van der Waals surface area contributed by atoms with Crippen molar-refractivity contribution in [2.75, 3.05) is 45.4 Å². The van der Waals surface area contributed by atoms with Gasteiger partial charge in [0.2, 0.25) is 0 Å². The van der Waals surface area contributed by atoms with E-state index < -0.39 is 0 Å². The van der Waals surface area contributed by atoms with Gasteiger partial charge in [-0.15, -0.1) is 0 Å². The van der Waals surface area contributed by atoms with Gasteiger partial charge in [0.25, 0.3) is 0 Å². The van der Waals surface area contributed by atoms with Crippen LogP contribution in [0.5, 0.6) is 0 Å². The molecule has 1 aromatic carbocycles. The number of likely N-dealkylation sites (N-methyl/N-ethyl adjacent to an activating group) is 1. The number of nitrogens with two attached hydrogens (primary N) is 1. The molecule has 1 aromatic rings. The standard InChI is InChI=1S/C13H22N2O2/c1-15(6-7-17-9-8-16-2)13-5-3-4-12(10-13)11-14/h3-5,10H,6-9,11,14H2,1-2H3. The number of hydrogen-bond acceptors (Lipinski definition) is 4. The van der Waals surface area contributed by atoms with Crippen molar-refractivity contribution in [3.63, 3.8) is 0 Å². The fourth-order valence-corrected chi connectivity index (χ4v) is 1.50. The number of hydrogen-bond donors (Lipinski definition) is 1. The van der Waals surface area contributed by atoms with Gasteiger partial charge in [-0.3, -0.25) is 0 Å². The first-order chi connectivity index (χ1) is 8.27. The molecule has 0 unspecified atom stereocenters. The molecule has 0 fully saturated rings. The molecule has 0 radical (unpaired) electrons. The van der Waals surface area contributed by atoms with E-state index in [2.05, 4.69) is 24.1 Å². The minimum absolute atomic E-state index is 0.575. The summed E-state index contributed by atoms with van der Waals surface area (Å²) in [4.78, 5) is 2.16. The van der Waals surface area contributed by atoms with Crippen LogP contribution in [0.2, 0.25) is 0 Å². The highest BCUT2D eigenvalue weighted by Gasteiger charge is 2.01. The van der Waals surface area contributed by atoms with Crippen LogP contribution in [0.25, 0.3) is 0 Å². The van der Waals surface area contributed by atoms with Gasteiger partial charge in [-0.05, 0) is 17.7 Å². The number of ether oxygens (including phenoxy) is 2. The minimum atomic E-state index is 0.575. The Kier molecular flexibility index (Phi) is 6.62. The van der Waals surface area contributed by atoms with Crippen molar-refractivity contribution in [2.24, 2.45) is 5.73 Å². The van der Waals surface area contributed by atoms with Crippen molar-refractivity contribution in [1.82, 2.24) is 0 Å².